The molecule has 0 atom stereocenters. The van der Waals surface area contributed by atoms with E-state index in [0.717, 1.165) is 25.5 Å². The van der Waals surface area contributed by atoms with Crippen LogP contribution in [0.1, 0.15) is 5.56 Å². The Morgan fingerprint density at radius 3 is 2.79 bits per heavy atom. The third kappa shape index (κ3) is 1.93. The first-order valence-corrected chi connectivity index (χ1v) is 4.83. The van der Waals surface area contributed by atoms with Gasteiger partial charge in [-0.1, -0.05) is 30.3 Å². The van der Waals surface area contributed by atoms with Gasteiger partial charge in [-0.15, -0.1) is 0 Å². The molecule has 1 aromatic rings. The van der Waals surface area contributed by atoms with E-state index < -0.39 is 0 Å². The summed E-state index contributed by atoms with van der Waals surface area (Å²) in [5.41, 5.74) is 1.26. The van der Waals surface area contributed by atoms with Crippen molar-refractivity contribution < 1.29 is 5.11 Å². The first-order valence-electron chi connectivity index (χ1n) is 4.83. The van der Waals surface area contributed by atoms with Gasteiger partial charge in [0, 0.05) is 13.1 Å². The molecule has 74 valence electrons. The minimum Gasteiger partial charge on any atom is -0.388 e. The number of amidine groups is 1. The van der Waals surface area contributed by atoms with Gasteiger partial charge < -0.3 is 10.0 Å². The Balaban J connectivity index is 2.02. The van der Waals surface area contributed by atoms with Crippen LogP contribution in [-0.2, 0) is 6.54 Å². The van der Waals surface area contributed by atoms with Crippen LogP contribution in [0.3, 0.4) is 0 Å². The molecular weight excluding hydrogens is 176 g/mol. The Kier molecular flexibility index (Phi) is 2.79. The van der Waals surface area contributed by atoms with E-state index in [0.29, 0.717) is 0 Å². The van der Waals surface area contributed by atoms with Crippen LogP contribution < -0.4 is 0 Å². The van der Waals surface area contributed by atoms with Gasteiger partial charge in [0.2, 0.25) is 0 Å². The zero-order valence-corrected chi connectivity index (χ0v) is 8.06. The molecule has 1 aliphatic heterocycles. The number of benzene rings is 1. The fourth-order valence-corrected chi connectivity index (χ4v) is 1.65. The van der Waals surface area contributed by atoms with Gasteiger partial charge in [0.05, 0.1) is 6.54 Å². The second kappa shape index (κ2) is 4.24. The Bertz CT molecular complexity index is 321. The van der Waals surface area contributed by atoms with E-state index in [1.165, 1.54) is 5.56 Å². The van der Waals surface area contributed by atoms with E-state index in [4.69, 9.17) is 5.11 Å². The smallest absolute Gasteiger partial charge is 0.125 e. The predicted octanol–water partition coefficient (Wildman–Crippen LogP) is 0.893. The van der Waals surface area contributed by atoms with Crippen LogP contribution in [0, 0.1) is 0 Å². The van der Waals surface area contributed by atoms with E-state index in [-0.39, 0.29) is 6.61 Å². The summed E-state index contributed by atoms with van der Waals surface area (Å²) >= 11 is 0. The second-order valence-electron chi connectivity index (χ2n) is 3.36. The summed E-state index contributed by atoms with van der Waals surface area (Å²) < 4.78 is 0. The largest absolute Gasteiger partial charge is 0.388 e. The highest BCUT2D eigenvalue weighted by Crippen LogP contribution is 2.08. The van der Waals surface area contributed by atoms with Crippen LogP contribution in [-0.4, -0.2) is 35.5 Å². The summed E-state index contributed by atoms with van der Waals surface area (Å²) in [6, 6.07) is 10.2. The van der Waals surface area contributed by atoms with Gasteiger partial charge in [-0.25, -0.2) is 0 Å². The van der Waals surface area contributed by atoms with Crippen LogP contribution in [0.25, 0.3) is 0 Å². The van der Waals surface area contributed by atoms with Gasteiger partial charge in [0.15, 0.2) is 0 Å². The summed E-state index contributed by atoms with van der Waals surface area (Å²) in [7, 11) is 0. The summed E-state index contributed by atoms with van der Waals surface area (Å²) in [4.78, 5) is 6.34. The van der Waals surface area contributed by atoms with Crippen molar-refractivity contribution >= 4 is 5.84 Å². The lowest BCUT2D eigenvalue weighted by Crippen LogP contribution is -2.29. The topological polar surface area (TPSA) is 35.8 Å². The monoisotopic (exact) mass is 190 g/mol. The number of aliphatic hydroxyl groups is 1. The molecule has 1 heterocycles. The average Bonchev–Trinajstić information content (AvgIpc) is 2.67. The molecule has 0 unspecified atom stereocenters. The lowest BCUT2D eigenvalue weighted by molar-refractivity contribution is 0.328. The number of rotatable bonds is 3. The highest BCUT2D eigenvalue weighted by molar-refractivity contribution is 5.84. The first kappa shape index (κ1) is 9.21. The zero-order valence-electron chi connectivity index (χ0n) is 8.06. The SMILES string of the molecule is OCC1=NCCN1Cc1ccccc1. The minimum atomic E-state index is 0.0484. The lowest BCUT2D eigenvalue weighted by Gasteiger charge is -2.18. The molecule has 1 N–H and O–H groups in total. The zero-order chi connectivity index (χ0) is 9.80. The molecule has 0 aliphatic carbocycles. The van der Waals surface area contributed by atoms with Gasteiger partial charge in [0.25, 0.3) is 0 Å². The van der Waals surface area contributed by atoms with Crippen LogP contribution in [0.2, 0.25) is 0 Å². The Labute approximate surface area is 83.7 Å². The van der Waals surface area contributed by atoms with Gasteiger partial charge in [-0.2, -0.15) is 0 Å². The normalized spacial score (nSPS) is 15.8. The van der Waals surface area contributed by atoms with Gasteiger partial charge in [-0.05, 0) is 5.56 Å². The number of aliphatic imine (C=N–C) groups is 1. The van der Waals surface area contributed by atoms with Crippen molar-refractivity contribution in [3.63, 3.8) is 0 Å². The van der Waals surface area contributed by atoms with E-state index in [2.05, 4.69) is 22.0 Å². The van der Waals surface area contributed by atoms with Crippen molar-refractivity contribution in [3.8, 4) is 0 Å². The molecule has 1 aliphatic rings. The van der Waals surface area contributed by atoms with Gasteiger partial charge in [0.1, 0.15) is 12.4 Å². The Hall–Kier alpha value is -1.35. The van der Waals surface area contributed by atoms with Crippen LogP contribution in [0.5, 0.6) is 0 Å². The van der Waals surface area contributed by atoms with Crippen molar-refractivity contribution in [2.75, 3.05) is 19.7 Å². The molecule has 3 nitrogen and oxygen atoms in total. The van der Waals surface area contributed by atoms with Gasteiger partial charge >= 0.3 is 0 Å². The Morgan fingerprint density at radius 2 is 2.07 bits per heavy atom. The van der Waals surface area contributed by atoms with Crippen molar-refractivity contribution in [3.05, 3.63) is 35.9 Å². The molecule has 1 aromatic carbocycles. The highest BCUT2D eigenvalue weighted by Gasteiger charge is 2.15. The molecule has 0 aromatic heterocycles. The molecule has 0 saturated carbocycles. The molecule has 3 heteroatoms. The minimum absolute atomic E-state index is 0.0484. The molecule has 14 heavy (non-hydrogen) atoms. The van der Waals surface area contributed by atoms with Crippen molar-refractivity contribution in [2.45, 2.75) is 6.54 Å². The predicted molar refractivity (Wildman–Crippen MR) is 56.2 cm³/mol. The quantitative estimate of drug-likeness (QED) is 0.768. The number of hydrogen-bond acceptors (Lipinski definition) is 3. The molecule has 0 fully saturated rings. The van der Waals surface area contributed by atoms with Crippen LogP contribution >= 0.6 is 0 Å². The lowest BCUT2D eigenvalue weighted by atomic mass is 10.2. The van der Waals surface area contributed by atoms with Crippen LogP contribution in [0.4, 0.5) is 0 Å². The van der Waals surface area contributed by atoms with E-state index in [1.54, 1.807) is 0 Å². The summed E-state index contributed by atoms with van der Waals surface area (Å²) in [5, 5.41) is 9.04. The molecule has 0 bridgehead atoms. The van der Waals surface area contributed by atoms with E-state index in [1.807, 2.05) is 18.2 Å². The molecule has 0 saturated heterocycles. The third-order valence-corrected chi connectivity index (χ3v) is 2.39. The average molecular weight is 190 g/mol. The highest BCUT2D eigenvalue weighted by atomic mass is 16.3. The van der Waals surface area contributed by atoms with Crippen molar-refractivity contribution in [2.24, 2.45) is 4.99 Å². The second-order valence-corrected chi connectivity index (χ2v) is 3.36. The molecule has 0 radical (unpaired) electrons. The van der Waals surface area contributed by atoms with Gasteiger partial charge in [-0.3, -0.25) is 4.99 Å². The molecular formula is C11H14N2O. The van der Waals surface area contributed by atoms with Crippen molar-refractivity contribution in [1.82, 2.24) is 4.90 Å². The summed E-state index contributed by atoms with van der Waals surface area (Å²) in [6.07, 6.45) is 0. The Morgan fingerprint density at radius 1 is 1.29 bits per heavy atom. The number of aliphatic hydroxyl groups excluding tert-OH is 1. The molecule has 0 spiro atoms. The summed E-state index contributed by atoms with van der Waals surface area (Å²) in [6.45, 7) is 2.63. The molecule has 0 amide bonds. The van der Waals surface area contributed by atoms with Crippen LogP contribution in [0.15, 0.2) is 35.3 Å². The first-order chi connectivity index (χ1) is 6.90. The maximum atomic E-state index is 9.04. The fourth-order valence-electron chi connectivity index (χ4n) is 1.65. The number of hydrogen-bond donors (Lipinski definition) is 1. The maximum absolute atomic E-state index is 9.04. The van der Waals surface area contributed by atoms with E-state index in [9.17, 15) is 0 Å². The third-order valence-electron chi connectivity index (χ3n) is 2.39. The van der Waals surface area contributed by atoms with Crippen molar-refractivity contribution in [1.29, 1.82) is 0 Å². The standard InChI is InChI=1S/C11H14N2O/c14-9-11-12-6-7-13(11)8-10-4-2-1-3-5-10/h1-5,14H,6-9H2. The number of nitrogens with zero attached hydrogens (tertiary/aromatic N) is 2. The fraction of sp³-hybridized carbons (Fsp3) is 0.364. The van der Waals surface area contributed by atoms with E-state index >= 15 is 0 Å². The summed E-state index contributed by atoms with van der Waals surface area (Å²) in [5.74, 6) is 0.814. The maximum Gasteiger partial charge on any atom is 0.125 e. The molecule has 2 rings (SSSR count).